The number of rotatable bonds is 4. The maximum atomic E-state index is 10.7. The van der Waals surface area contributed by atoms with Crippen molar-refractivity contribution in [2.45, 2.75) is 26.7 Å². The summed E-state index contributed by atoms with van der Waals surface area (Å²) in [5.74, 6) is -0.00538. The Kier molecular flexibility index (Phi) is 2.83. The average molecular weight is 233 g/mol. The number of aliphatic carboxylic acids is 1. The highest BCUT2D eigenvalue weighted by atomic mass is 16.4. The molecule has 0 saturated carbocycles. The Morgan fingerprint density at radius 3 is 2.94 bits per heavy atom. The molecule has 0 unspecified atom stereocenters. The molecule has 2 heterocycles. The second-order valence-corrected chi connectivity index (χ2v) is 4.97. The fraction of sp³-hybridized carbons (Fsp3) is 0.417. The standard InChI is InChI=1S/C12H15N3O2/c1-12(2,7-10(16)17)6-9-14-8-4-3-5-13-11(8)15-9/h3-5H,6-7H2,1-2H3,(H,16,17)(H,13,14,15). The van der Waals surface area contributed by atoms with Gasteiger partial charge in [0.1, 0.15) is 5.82 Å². The largest absolute Gasteiger partial charge is 0.481 e. The van der Waals surface area contributed by atoms with Crippen LogP contribution in [0.5, 0.6) is 0 Å². The van der Waals surface area contributed by atoms with Crippen molar-refractivity contribution in [3.05, 3.63) is 24.2 Å². The molecule has 0 radical (unpaired) electrons. The summed E-state index contributed by atoms with van der Waals surface area (Å²) in [4.78, 5) is 22.4. The minimum Gasteiger partial charge on any atom is -0.481 e. The van der Waals surface area contributed by atoms with E-state index >= 15 is 0 Å². The molecular weight excluding hydrogens is 218 g/mol. The number of carboxylic acids is 1. The Labute approximate surface area is 98.9 Å². The van der Waals surface area contributed by atoms with Crippen LogP contribution in [0.1, 0.15) is 26.1 Å². The summed E-state index contributed by atoms with van der Waals surface area (Å²) < 4.78 is 0. The number of aromatic nitrogens is 3. The third-order valence-electron chi connectivity index (χ3n) is 2.58. The third kappa shape index (κ3) is 2.81. The van der Waals surface area contributed by atoms with Crippen LogP contribution >= 0.6 is 0 Å². The summed E-state index contributed by atoms with van der Waals surface area (Å²) in [6, 6.07) is 3.75. The fourth-order valence-corrected chi connectivity index (χ4v) is 1.90. The van der Waals surface area contributed by atoms with Crippen molar-refractivity contribution in [3.8, 4) is 0 Å². The van der Waals surface area contributed by atoms with E-state index in [-0.39, 0.29) is 11.8 Å². The van der Waals surface area contributed by atoms with Crippen molar-refractivity contribution < 1.29 is 9.90 Å². The van der Waals surface area contributed by atoms with Crippen molar-refractivity contribution in [1.29, 1.82) is 0 Å². The van der Waals surface area contributed by atoms with Crippen LogP contribution in [0.25, 0.3) is 11.2 Å². The molecule has 2 aromatic heterocycles. The van der Waals surface area contributed by atoms with Gasteiger partial charge in [0.15, 0.2) is 5.65 Å². The van der Waals surface area contributed by atoms with Crippen LogP contribution < -0.4 is 0 Å². The highest BCUT2D eigenvalue weighted by Gasteiger charge is 2.23. The van der Waals surface area contributed by atoms with E-state index in [0.717, 1.165) is 11.3 Å². The highest BCUT2D eigenvalue weighted by molar-refractivity contribution is 5.70. The average Bonchev–Trinajstić information content (AvgIpc) is 2.55. The molecule has 0 aliphatic heterocycles. The van der Waals surface area contributed by atoms with E-state index in [4.69, 9.17) is 5.11 Å². The van der Waals surface area contributed by atoms with Gasteiger partial charge < -0.3 is 10.1 Å². The van der Waals surface area contributed by atoms with Gasteiger partial charge in [0.25, 0.3) is 0 Å². The first-order chi connectivity index (χ1) is 7.96. The number of hydrogen-bond acceptors (Lipinski definition) is 3. The van der Waals surface area contributed by atoms with Gasteiger partial charge in [-0.2, -0.15) is 0 Å². The first-order valence-electron chi connectivity index (χ1n) is 5.48. The van der Waals surface area contributed by atoms with Crippen molar-refractivity contribution in [3.63, 3.8) is 0 Å². The number of carbonyl (C=O) groups is 1. The van der Waals surface area contributed by atoms with Gasteiger partial charge in [-0.15, -0.1) is 0 Å². The quantitative estimate of drug-likeness (QED) is 0.846. The summed E-state index contributed by atoms with van der Waals surface area (Å²) in [7, 11) is 0. The van der Waals surface area contributed by atoms with Crippen LogP contribution in [-0.2, 0) is 11.2 Å². The predicted octanol–water partition coefficient (Wildman–Crippen LogP) is 2.00. The van der Waals surface area contributed by atoms with Gasteiger partial charge in [0.05, 0.1) is 11.9 Å². The van der Waals surface area contributed by atoms with Crippen LogP contribution in [0.3, 0.4) is 0 Å². The lowest BCUT2D eigenvalue weighted by Gasteiger charge is -2.20. The van der Waals surface area contributed by atoms with Crippen LogP contribution in [0.15, 0.2) is 18.3 Å². The third-order valence-corrected chi connectivity index (χ3v) is 2.58. The van der Waals surface area contributed by atoms with E-state index in [1.165, 1.54) is 0 Å². The summed E-state index contributed by atoms with van der Waals surface area (Å²) in [6.45, 7) is 3.84. The topological polar surface area (TPSA) is 78.9 Å². The van der Waals surface area contributed by atoms with Gasteiger partial charge in [-0.1, -0.05) is 13.8 Å². The molecule has 17 heavy (non-hydrogen) atoms. The second kappa shape index (κ2) is 4.16. The second-order valence-electron chi connectivity index (χ2n) is 4.97. The summed E-state index contributed by atoms with van der Waals surface area (Å²) in [6.07, 6.45) is 2.41. The van der Waals surface area contributed by atoms with E-state index in [0.29, 0.717) is 12.1 Å². The molecule has 0 aromatic carbocycles. The zero-order chi connectivity index (χ0) is 12.5. The van der Waals surface area contributed by atoms with Crippen molar-refractivity contribution >= 4 is 17.1 Å². The first-order valence-corrected chi connectivity index (χ1v) is 5.48. The molecule has 0 aliphatic rings. The van der Waals surface area contributed by atoms with E-state index in [9.17, 15) is 4.79 Å². The molecule has 0 bridgehead atoms. The van der Waals surface area contributed by atoms with E-state index < -0.39 is 5.97 Å². The maximum Gasteiger partial charge on any atom is 0.303 e. The molecule has 90 valence electrons. The smallest absolute Gasteiger partial charge is 0.303 e. The number of fused-ring (bicyclic) bond motifs is 1. The van der Waals surface area contributed by atoms with Gasteiger partial charge in [-0.05, 0) is 17.5 Å². The van der Waals surface area contributed by atoms with Gasteiger partial charge in [0, 0.05) is 12.6 Å². The molecule has 2 N–H and O–H groups in total. The molecule has 5 heteroatoms. The number of H-pyrrole nitrogens is 1. The zero-order valence-corrected chi connectivity index (χ0v) is 9.90. The molecule has 0 fully saturated rings. The van der Waals surface area contributed by atoms with E-state index in [1.54, 1.807) is 6.20 Å². The Morgan fingerprint density at radius 1 is 1.53 bits per heavy atom. The number of hydrogen-bond donors (Lipinski definition) is 2. The molecule has 2 rings (SSSR count). The summed E-state index contributed by atoms with van der Waals surface area (Å²) in [5, 5.41) is 8.82. The molecule has 5 nitrogen and oxygen atoms in total. The molecule has 0 spiro atoms. The SMILES string of the molecule is CC(C)(CC(=O)O)Cc1nc2ncccc2[nH]1. The van der Waals surface area contributed by atoms with E-state index in [1.807, 2.05) is 26.0 Å². The van der Waals surface area contributed by atoms with Crippen LogP contribution in [0, 0.1) is 5.41 Å². The number of carboxylic acid groups (broad SMARTS) is 1. The summed E-state index contributed by atoms with van der Waals surface area (Å²) in [5.41, 5.74) is 1.24. The lowest BCUT2D eigenvalue weighted by atomic mass is 9.85. The number of nitrogens with one attached hydrogen (secondary N) is 1. The Bertz CT molecular complexity index is 512. The molecule has 2 aromatic rings. The minimum atomic E-state index is -0.788. The van der Waals surface area contributed by atoms with Crippen LogP contribution in [-0.4, -0.2) is 26.0 Å². The number of imidazole rings is 1. The Morgan fingerprint density at radius 2 is 2.29 bits per heavy atom. The lowest BCUT2D eigenvalue weighted by Crippen LogP contribution is -2.20. The van der Waals surface area contributed by atoms with E-state index in [2.05, 4.69) is 15.0 Å². The molecule has 0 aliphatic carbocycles. The fourth-order valence-electron chi connectivity index (χ4n) is 1.90. The Balaban J connectivity index is 2.20. The van der Waals surface area contributed by atoms with Crippen molar-refractivity contribution in [2.24, 2.45) is 5.41 Å². The van der Waals surface area contributed by atoms with Crippen molar-refractivity contribution in [1.82, 2.24) is 15.0 Å². The number of pyridine rings is 1. The molecule has 0 atom stereocenters. The minimum absolute atomic E-state index is 0.122. The maximum absolute atomic E-state index is 10.7. The molecule has 0 saturated heterocycles. The van der Waals surface area contributed by atoms with Gasteiger partial charge >= 0.3 is 5.97 Å². The number of aromatic amines is 1. The normalized spacial score (nSPS) is 11.9. The lowest BCUT2D eigenvalue weighted by molar-refractivity contribution is -0.139. The van der Waals surface area contributed by atoms with Gasteiger partial charge in [-0.3, -0.25) is 4.79 Å². The summed E-state index contributed by atoms with van der Waals surface area (Å²) >= 11 is 0. The zero-order valence-electron chi connectivity index (χ0n) is 9.90. The van der Waals surface area contributed by atoms with Crippen LogP contribution in [0.4, 0.5) is 0 Å². The highest BCUT2D eigenvalue weighted by Crippen LogP contribution is 2.25. The Hall–Kier alpha value is -1.91. The van der Waals surface area contributed by atoms with Crippen LogP contribution in [0.2, 0.25) is 0 Å². The molecular formula is C12H15N3O2. The first kappa shape index (κ1) is 11.6. The molecule has 0 amide bonds. The van der Waals surface area contributed by atoms with Crippen molar-refractivity contribution in [2.75, 3.05) is 0 Å². The van der Waals surface area contributed by atoms with Gasteiger partial charge in [-0.25, -0.2) is 9.97 Å². The number of nitrogens with zero attached hydrogens (tertiary/aromatic N) is 2. The van der Waals surface area contributed by atoms with Gasteiger partial charge in [0.2, 0.25) is 0 Å². The monoisotopic (exact) mass is 233 g/mol. The predicted molar refractivity (Wildman–Crippen MR) is 63.6 cm³/mol.